The van der Waals surface area contributed by atoms with Crippen molar-refractivity contribution in [1.29, 1.82) is 0 Å². The highest BCUT2D eigenvalue weighted by Gasteiger charge is 2.30. The smallest absolute Gasteiger partial charge is 0.292 e. The van der Waals surface area contributed by atoms with Crippen molar-refractivity contribution in [3.8, 4) is 0 Å². The topological polar surface area (TPSA) is 62.5 Å². The van der Waals surface area contributed by atoms with Crippen molar-refractivity contribution in [1.82, 2.24) is 15.0 Å². The second-order valence-corrected chi connectivity index (χ2v) is 7.90. The Labute approximate surface area is 155 Å². The molecule has 0 N–H and O–H groups in total. The van der Waals surface area contributed by atoms with Crippen molar-refractivity contribution in [2.45, 2.75) is 25.7 Å². The molecule has 0 bridgehead atoms. The van der Waals surface area contributed by atoms with E-state index in [4.69, 9.17) is 9.51 Å². The number of carbonyl (C=O) groups excluding carboxylic acids is 1. The SMILES string of the molecule is O=C(c1onc2c1CCCC2)N1CCN(c2nc3ccccc3s2)CC1. The monoisotopic (exact) mass is 368 g/mol. The summed E-state index contributed by atoms with van der Waals surface area (Å²) < 4.78 is 6.62. The molecule has 0 radical (unpaired) electrons. The lowest BCUT2D eigenvalue weighted by Crippen LogP contribution is -2.48. The van der Waals surface area contributed by atoms with Crippen molar-refractivity contribution in [2.24, 2.45) is 0 Å². The molecular weight excluding hydrogens is 348 g/mol. The van der Waals surface area contributed by atoms with E-state index in [1.165, 1.54) is 4.70 Å². The predicted octanol–water partition coefficient (Wildman–Crippen LogP) is 3.13. The van der Waals surface area contributed by atoms with Crippen LogP contribution in [0.15, 0.2) is 28.8 Å². The van der Waals surface area contributed by atoms with Crippen LogP contribution in [0, 0.1) is 0 Å². The van der Waals surface area contributed by atoms with Gasteiger partial charge in [0.15, 0.2) is 5.13 Å². The molecule has 26 heavy (non-hydrogen) atoms. The van der Waals surface area contributed by atoms with Crippen LogP contribution in [-0.2, 0) is 12.8 Å². The zero-order valence-electron chi connectivity index (χ0n) is 14.5. The lowest BCUT2D eigenvalue weighted by atomic mass is 9.96. The van der Waals surface area contributed by atoms with E-state index in [2.05, 4.69) is 16.1 Å². The fourth-order valence-corrected chi connectivity index (χ4v) is 4.82. The van der Waals surface area contributed by atoms with Gasteiger partial charge in [-0.15, -0.1) is 0 Å². The van der Waals surface area contributed by atoms with Gasteiger partial charge in [-0.05, 0) is 37.8 Å². The van der Waals surface area contributed by atoms with Crippen molar-refractivity contribution >= 4 is 32.6 Å². The van der Waals surface area contributed by atoms with Crippen molar-refractivity contribution in [3.63, 3.8) is 0 Å². The third-order valence-corrected chi connectivity index (χ3v) is 6.37. The molecule has 5 rings (SSSR count). The molecule has 0 saturated carbocycles. The summed E-state index contributed by atoms with van der Waals surface area (Å²) in [5, 5.41) is 5.16. The van der Waals surface area contributed by atoms with Gasteiger partial charge in [0.25, 0.3) is 5.91 Å². The molecule has 1 amide bonds. The summed E-state index contributed by atoms with van der Waals surface area (Å²) >= 11 is 1.71. The maximum absolute atomic E-state index is 12.9. The van der Waals surface area contributed by atoms with Crippen LogP contribution in [0.5, 0.6) is 0 Å². The minimum atomic E-state index is -0.00963. The van der Waals surface area contributed by atoms with E-state index in [0.717, 1.165) is 60.7 Å². The van der Waals surface area contributed by atoms with Crippen LogP contribution >= 0.6 is 11.3 Å². The molecule has 1 saturated heterocycles. The first-order valence-corrected chi connectivity index (χ1v) is 9.98. The highest BCUT2D eigenvalue weighted by atomic mass is 32.1. The van der Waals surface area contributed by atoms with E-state index in [9.17, 15) is 4.79 Å². The molecule has 6 nitrogen and oxygen atoms in total. The van der Waals surface area contributed by atoms with Crippen LogP contribution in [0.2, 0.25) is 0 Å². The Bertz CT molecular complexity index is 923. The third kappa shape index (κ3) is 2.67. The Balaban J connectivity index is 1.29. The minimum absolute atomic E-state index is 0.00963. The van der Waals surface area contributed by atoms with Gasteiger partial charge in [-0.3, -0.25) is 4.79 Å². The molecule has 0 spiro atoms. The van der Waals surface area contributed by atoms with Gasteiger partial charge >= 0.3 is 0 Å². The number of nitrogens with zero attached hydrogens (tertiary/aromatic N) is 4. The molecule has 1 aliphatic heterocycles. The molecule has 3 heterocycles. The molecule has 1 aromatic carbocycles. The van der Waals surface area contributed by atoms with E-state index < -0.39 is 0 Å². The Morgan fingerprint density at radius 3 is 2.73 bits per heavy atom. The Morgan fingerprint density at radius 2 is 1.88 bits per heavy atom. The molecular formula is C19H20N4O2S. The van der Waals surface area contributed by atoms with E-state index in [1.807, 2.05) is 23.1 Å². The molecule has 1 fully saturated rings. The summed E-state index contributed by atoms with van der Waals surface area (Å²) in [6.45, 7) is 2.96. The van der Waals surface area contributed by atoms with E-state index in [-0.39, 0.29) is 5.91 Å². The van der Waals surface area contributed by atoms with Crippen LogP contribution < -0.4 is 4.90 Å². The van der Waals surface area contributed by atoms with Gasteiger partial charge in [0, 0.05) is 31.7 Å². The fraction of sp³-hybridized carbons (Fsp3) is 0.421. The summed E-state index contributed by atoms with van der Waals surface area (Å²) in [6.07, 6.45) is 4.08. The van der Waals surface area contributed by atoms with Gasteiger partial charge in [0.05, 0.1) is 15.9 Å². The van der Waals surface area contributed by atoms with Crippen LogP contribution in [0.1, 0.15) is 34.7 Å². The number of hydrogen-bond donors (Lipinski definition) is 0. The maximum atomic E-state index is 12.9. The van der Waals surface area contributed by atoms with Gasteiger partial charge in [-0.1, -0.05) is 28.6 Å². The lowest BCUT2D eigenvalue weighted by Gasteiger charge is -2.34. The number of carbonyl (C=O) groups is 1. The second kappa shape index (κ2) is 6.39. The number of rotatable bonds is 2. The number of para-hydroxylation sites is 1. The molecule has 2 aliphatic rings. The van der Waals surface area contributed by atoms with E-state index >= 15 is 0 Å². The number of anilines is 1. The third-order valence-electron chi connectivity index (χ3n) is 5.27. The number of thiazole rings is 1. The Hall–Kier alpha value is -2.41. The molecule has 3 aromatic rings. The number of amides is 1. The van der Waals surface area contributed by atoms with Crippen molar-refractivity contribution < 1.29 is 9.32 Å². The van der Waals surface area contributed by atoms with Crippen LogP contribution in [-0.4, -0.2) is 47.1 Å². The molecule has 0 unspecified atom stereocenters. The largest absolute Gasteiger partial charge is 0.350 e. The maximum Gasteiger partial charge on any atom is 0.292 e. The normalized spacial score (nSPS) is 17.5. The van der Waals surface area contributed by atoms with Crippen molar-refractivity contribution in [3.05, 3.63) is 41.3 Å². The van der Waals surface area contributed by atoms with Crippen LogP contribution in [0.4, 0.5) is 5.13 Å². The molecule has 134 valence electrons. The number of piperazine rings is 1. The second-order valence-electron chi connectivity index (χ2n) is 6.89. The Morgan fingerprint density at radius 1 is 1.08 bits per heavy atom. The Kier molecular flexibility index (Phi) is 3.89. The van der Waals surface area contributed by atoms with Gasteiger partial charge in [0.1, 0.15) is 0 Å². The summed E-state index contributed by atoms with van der Waals surface area (Å²) in [6, 6.07) is 8.20. The average Bonchev–Trinajstić information content (AvgIpc) is 3.32. The standard InChI is InChI=1S/C19H20N4O2S/c24-18(17-13-5-1-2-6-14(13)21-25-17)22-9-11-23(12-10-22)19-20-15-7-3-4-8-16(15)26-19/h3-4,7-8H,1-2,5-6,9-12H2. The first-order valence-electron chi connectivity index (χ1n) is 9.17. The lowest BCUT2D eigenvalue weighted by molar-refractivity contribution is 0.0703. The minimum Gasteiger partial charge on any atom is -0.350 e. The number of fused-ring (bicyclic) bond motifs is 2. The number of aryl methyl sites for hydroxylation is 1. The number of benzene rings is 1. The quantitative estimate of drug-likeness (QED) is 0.695. The van der Waals surface area contributed by atoms with E-state index in [0.29, 0.717) is 18.8 Å². The molecule has 1 aliphatic carbocycles. The predicted molar refractivity (Wildman–Crippen MR) is 101 cm³/mol. The molecule has 0 atom stereocenters. The van der Waals surface area contributed by atoms with Gasteiger partial charge in [-0.2, -0.15) is 0 Å². The average molecular weight is 368 g/mol. The first kappa shape index (κ1) is 15.8. The summed E-state index contributed by atoms with van der Waals surface area (Å²) in [4.78, 5) is 21.8. The van der Waals surface area contributed by atoms with Gasteiger partial charge < -0.3 is 14.3 Å². The first-order chi connectivity index (χ1) is 12.8. The molecule has 7 heteroatoms. The van der Waals surface area contributed by atoms with Crippen LogP contribution in [0.25, 0.3) is 10.2 Å². The van der Waals surface area contributed by atoms with Gasteiger partial charge in [0.2, 0.25) is 5.76 Å². The zero-order valence-corrected chi connectivity index (χ0v) is 15.3. The summed E-state index contributed by atoms with van der Waals surface area (Å²) in [5.41, 5.74) is 3.06. The number of hydrogen-bond acceptors (Lipinski definition) is 6. The van der Waals surface area contributed by atoms with Crippen molar-refractivity contribution in [2.75, 3.05) is 31.1 Å². The van der Waals surface area contributed by atoms with Gasteiger partial charge in [-0.25, -0.2) is 4.98 Å². The van der Waals surface area contributed by atoms with Crippen LogP contribution in [0.3, 0.4) is 0 Å². The highest BCUT2D eigenvalue weighted by molar-refractivity contribution is 7.22. The summed E-state index contributed by atoms with van der Waals surface area (Å²) in [5.74, 6) is 0.456. The number of aromatic nitrogens is 2. The zero-order chi connectivity index (χ0) is 17.5. The molecule has 2 aromatic heterocycles. The fourth-order valence-electron chi connectivity index (χ4n) is 3.80. The summed E-state index contributed by atoms with van der Waals surface area (Å²) in [7, 11) is 0. The van der Waals surface area contributed by atoms with E-state index in [1.54, 1.807) is 11.3 Å². The highest BCUT2D eigenvalue weighted by Crippen LogP contribution is 2.30.